The van der Waals surface area contributed by atoms with E-state index in [0.29, 0.717) is 21.5 Å². The van der Waals surface area contributed by atoms with Crippen LogP contribution in [0.2, 0.25) is 10.0 Å². The number of carbonyl (C=O) groups is 1. The largest absolute Gasteiger partial charge is 0.489 e. The van der Waals surface area contributed by atoms with Crippen LogP contribution in [-0.4, -0.2) is 24.3 Å². The summed E-state index contributed by atoms with van der Waals surface area (Å²) in [6, 6.07) is 29.4. The van der Waals surface area contributed by atoms with E-state index >= 15 is 0 Å². The van der Waals surface area contributed by atoms with Gasteiger partial charge in [0.25, 0.3) is 0 Å². The van der Waals surface area contributed by atoms with Crippen LogP contribution in [0.1, 0.15) is 16.7 Å². The van der Waals surface area contributed by atoms with Crippen molar-refractivity contribution in [2.45, 2.75) is 6.92 Å². The van der Waals surface area contributed by atoms with Crippen molar-refractivity contribution in [2.24, 2.45) is 0 Å². The van der Waals surface area contributed by atoms with Crippen LogP contribution >= 0.6 is 23.2 Å². The zero-order valence-electron chi connectivity index (χ0n) is 23.5. The van der Waals surface area contributed by atoms with Gasteiger partial charge in [-0.25, -0.2) is 13.6 Å². The second-order valence-corrected chi connectivity index (χ2v) is 10.8. The number of aryl methyl sites for hydroxylation is 1. The number of halogens is 4. The third kappa shape index (κ3) is 7.46. The number of hydrogen-bond donors (Lipinski definition) is 1. The van der Waals surface area contributed by atoms with Crippen LogP contribution in [0.15, 0.2) is 109 Å². The van der Waals surface area contributed by atoms with E-state index in [1.807, 2.05) is 61.5 Å². The summed E-state index contributed by atoms with van der Waals surface area (Å²) in [5.41, 5.74) is 6.61. The van der Waals surface area contributed by atoms with Gasteiger partial charge in [-0.3, -0.25) is 0 Å². The number of aliphatic carboxylic acids is 1. The summed E-state index contributed by atoms with van der Waals surface area (Å²) in [4.78, 5) is 10.8. The van der Waals surface area contributed by atoms with Crippen molar-refractivity contribution in [1.29, 1.82) is 0 Å². The Morgan fingerprint density at radius 1 is 0.727 bits per heavy atom. The van der Waals surface area contributed by atoms with Crippen LogP contribution < -0.4 is 9.47 Å². The Bertz CT molecular complexity index is 1740. The molecule has 0 aliphatic carbocycles. The summed E-state index contributed by atoms with van der Waals surface area (Å²) in [5, 5.41) is 9.52. The Hall–Kier alpha value is -4.65. The van der Waals surface area contributed by atoms with E-state index in [1.54, 1.807) is 30.3 Å². The van der Waals surface area contributed by atoms with E-state index < -0.39 is 24.2 Å². The van der Waals surface area contributed by atoms with Crippen molar-refractivity contribution in [2.75, 3.05) is 13.2 Å². The van der Waals surface area contributed by atoms with Gasteiger partial charge in [0.15, 0.2) is 6.61 Å². The molecule has 0 saturated carbocycles. The van der Waals surface area contributed by atoms with Crippen LogP contribution in [0.25, 0.3) is 27.8 Å². The predicted molar refractivity (Wildman–Crippen MR) is 171 cm³/mol. The van der Waals surface area contributed by atoms with E-state index in [9.17, 15) is 13.6 Å². The molecular formula is C36H26Cl2F2O4. The highest BCUT2D eigenvalue weighted by molar-refractivity contribution is 6.33. The van der Waals surface area contributed by atoms with Gasteiger partial charge in [-0.05, 0) is 101 Å². The molecule has 0 aliphatic heterocycles. The summed E-state index contributed by atoms with van der Waals surface area (Å²) < 4.78 is 38.5. The maximum atomic E-state index is 13.6. The summed E-state index contributed by atoms with van der Waals surface area (Å²) in [6.45, 7) is 1.63. The molecule has 0 aliphatic rings. The van der Waals surface area contributed by atoms with Gasteiger partial charge in [0.2, 0.25) is 0 Å². The first-order valence-corrected chi connectivity index (χ1v) is 14.3. The number of ether oxygens (including phenoxy) is 2. The maximum absolute atomic E-state index is 13.6. The molecule has 5 rings (SSSR count). The van der Waals surface area contributed by atoms with Gasteiger partial charge < -0.3 is 14.6 Å². The van der Waals surface area contributed by atoms with Crippen LogP contribution in [0, 0.1) is 18.6 Å². The molecule has 44 heavy (non-hydrogen) atoms. The highest BCUT2D eigenvalue weighted by Crippen LogP contribution is 2.33. The molecule has 0 heterocycles. The quantitative estimate of drug-likeness (QED) is 0.167. The summed E-state index contributed by atoms with van der Waals surface area (Å²) in [7, 11) is 0. The Morgan fingerprint density at radius 3 is 1.70 bits per heavy atom. The fourth-order valence-electron chi connectivity index (χ4n) is 4.74. The van der Waals surface area contributed by atoms with Gasteiger partial charge in [-0.1, -0.05) is 71.7 Å². The molecule has 0 saturated heterocycles. The Morgan fingerprint density at radius 2 is 1.25 bits per heavy atom. The lowest BCUT2D eigenvalue weighted by atomic mass is 9.94. The lowest BCUT2D eigenvalue weighted by molar-refractivity contribution is -0.139. The number of benzene rings is 5. The fraction of sp³-hybridized carbons (Fsp3) is 0.0833. The molecular weight excluding hydrogens is 605 g/mol. The van der Waals surface area contributed by atoms with E-state index in [4.69, 9.17) is 37.8 Å². The SMILES string of the molecule is Cc1cc(OCC=C(c2ccc(-c3ccc(F)cc3Cl)cc2)c2ccc(-c3ccc(F)cc3Cl)cc2)ccc1OCC(=O)O. The van der Waals surface area contributed by atoms with E-state index in [0.717, 1.165) is 44.5 Å². The standard InChI is InChI=1S/C36H26Cl2F2O4/c1-22-18-29(12-15-35(22)44-21-36(41)42)43-17-16-30(23-2-6-25(7-3-23)31-13-10-27(39)19-33(31)37)24-4-8-26(9-5-24)32-14-11-28(40)20-34(32)38/h2-16,18-20H,17,21H2,1H3,(H,41,42). The average Bonchev–Trinajstić information content (AvgIpc) is 2.99. The van der Waals surface area contributed by atoms with Gasteiger partial charge >= 0.3 is 5.97 Å². The lowest BCUT2D eigenvalue weighted by Gasteiger charge is -2.13. The third-order valence-electron chi connectivity index (χ3n) is 6.91. The Labute approximate surface area is 263 Å². The first kappa shape index (κ1) is 30.8. The molecule has 8 heteroatoms. The first-order chi connectivity index (χ1) is 21.2. The van der Waals surface area contributed by atoms with Crippen molar-refractivity contribution in [3.8, 4) is 33.8 Å². The third-order valence-corrected chi connectivity index (χ3v) is 7.54. The molecule has 0 radical (unpaired) electrons. The normalized spacial score (nSPS) is 10.8. The van der Waals surface area contributed by atoms with E-state index in [-0.39, 0.29) is 6.61 Å². The van der Waals surface area contributed by atoms with Crippen molar-refractivity contribution >= 4 is 34.7 Å². The van der Waals surface area contributed by atoms with Crippen molar-refractivity contribution in [3.05, 3.63) is 148 Å². The number of rotatable bonds is 10. The molecule has 222 valence electrons. The lowest BCUT2D eigenvalue weighted by Crippen LogP contribution is -2.10. The minimum Gasteiger partial charge on any atom is -0.489 e. The molecule has 4 nitrogen and oxygen atoms in total. The Kier molecular flexibility index (Phi) is 9.63. The van der Waals surface area contributed by atoms with Crippen LogP contribution in [-0.2, 0) is 4.79 Å². The summed E-state index contributed by atoms with van der Waals surface area (Å²) in [5.74, 6) is -0.779. The molecule has 0 amide bonds. The summed E-state index contributed by atoms with van der Waals surface area (Å²) in [6.07, 6.45) is 1.96. The van der Waals surface area contributed by atoms with Gasteiger partial charge in [0, 0.05) is 11.1 Å². The van der Waals surface area contributed by atoms with Gasteiger partial charge in [-0.2, -0.15) is 0 Å². The van der Waals surface area contributed by atoms with Crippen LogP contribution in [0.4, 0.5) is 8.78 Å². The highest BCUT2D eigenvalue weighted by Gasteiger charge is 2.11. The second-order valence-electron chi connectivity index (χ2n) is 9.94. The smallest absolute Gasteiger partial charge is 0.341 e. The molecule has 0 bridgehead atoms. The van der Waals surface area contributed by atoms with Gasteiger partial charge in [0.05, 0.1) is 10.0 Å². The van der Waals surface area contributed by atoms with Gasteiger partial charge in [-0.15, -0.1) is 0 Å². The van der Waals surface area contributed by atoms with Crippen molar-refractivity contribution in [3.63, 3.8) is 0 Å². The zero-order chi connectivity index (χ0) is 31.2. The topological polar surface area (TPSA) is 55.8 Å². The molecule has 5 aromatic carbocycles. The second kappa shape index (κ2) is 13.8. The number of carboxylic acids is 1. The minimum absolute atomic E-state index is 0.237. The monoisotopic (exact) mass is 630 g/mol. The molecule has 0 unspecified atom stereocenters. The summed E-state index contributed by atoms with van der Waals surface area (Å²) >= 11 is 12.6. The predicted octanol–water partition coefficient (Wildman–Crippen LogP) is 9.89. The van der Waals surface area contributed by atoms with E-state index in [2.05, 4.69) is 0 Å². The molecule has 5 aromatic rings. The molecule has 1 N–H and O–H groups in total. The average molecular weight is 632 g/mol. The maximum Gasteiger partial charge on any atom is 0.341 e. The van der Waals surface area contributed by atoms with E-state index in [1.165, 1.54) is 24.3 Å². The molecule has 0 atom stereocenters. The van der Waals surface area contributed by atoms with Crippen LogP contribution in [0.3, 0.4) is 0 Å². The van der Waals surface area contributed by atoms with Gasteiger partial charge in [0.1, 0.15) is 29.7 Å². The number of hydrogen-bond acceptors (Lipinski definition) is 3. The zero-order valence-corrected chi connectivity index (χ0v) is 25.0. The number of carboxylic acid groups (broad SMARTS) is 1. The first-order valence-electron chi connectivity index (χ1n) is 13.6. The Balaban J connectivity index is 1.43. The van der Waals surface area contributed by atoms with Crippen LogP contribution in [0.5, 0.6) is 11.5 Å². The van der Waals surface area contributed by atoms with Crippen molar-refractivity contribution in [1.82, 2.24) is 0 Å². The minimum atomic E-state index is -1.05. The molecule has 0 fully saturated rings. The molecule has 0 spiro atoms. The molecule has 0 aromatic heterocycles. The highest BCUT2D eigenvalue weighted by atomic mass is 35.5. The van der Waals surface area contributed by atoms with Crippen molar-refractivity contribution < 1.29 is 28.2 Å². The fourth-order valence-corrected chi connectivity index (χ4v) is 5.30.